The molecule has 0 unspecified atom stereocenters. The molecule has 0 aromatic rings. The Morgan fingerprint density at radius 1 is 1.44 bits per heavy atom. The van der Waals surface area contributed by atoms with Gasteiger partial charge >= 0.3 is 18.1 Å². The fourth-order valence-electron chi connectivity index (χ4n) is 1.67. The molecule has 0 aliphatic carbocycles. The van der Waals surface area contributed by atoms with E-state index >= 15 is 0 Å². The second kappa shape index (κ2) is 3.60. The highest BCUT2D eigenvalue weighted by atomic mass is 19.4. The van der Waals surface area contributed by atoms with E-state index in [0.29, 0.717) is 0 Å². The zero-order valence-corrected chi connectivity index (χ0v) is 8.21. The molecule has 8 heteroatoms. The minimum Gasteiger partial charge on any atom is -0.480 e. The molecule has 0 saturated carbocycles. The predicted molar refractivity (Wildman–Crippen MR) is 43.3 cm³/mol. The Morgan fingerprint density at radius 2 is 1.94 bits per heavy atom. The Labute approximate surface area is 87.8 Å². The number of aliphatic carboxylic acids is 1. The highest BCUT2D eigenvalue weighted by molar-refractivity contribution is 5.90. The van der Waals surface area contributed by atoms with Crippen LogP contribution in [0.25, 0.3) is 0 Å². The van der Waals surface area contributed by atoms with E-state index in [1.807, 2.05) is 0 Å². The lowest BCUT2D eigenvalue weighted by atomic mass is 9.99. The molecule has 0 radical (unpaired) electrons. The van der Waals surface area contributed by atoms with Gasteiger partial charge in [-0.2, -0.15) is 13.2 Å². The molecule has 92 valence electrons. The van der Waals surface area contributed by atoms with Crippen LogP contribution in [0, 0.1) is 0 Å². The number of hydrogen-bond acceptors (Lipinski definition) is 2. The first-order chi connectivity index (χ1) is 7.09. The van der Waals surface area contributed by atoms with Crippen LogP contribution in [0.4, 0.5) is 17.6 Å². The third-order valence-electron chi connectivity index (χ3n) is 2.54. The summed E-state index contributed by atoms with van der Waals surface area (Å²) in [6.45, 7) is 0.0553. The van der Waals surface area contributed by atoms with Crippen molar-refractivity contribution < 1.29 is 32.3 Å². The SMILES string of the molecule is C[C@@]1(C(=O)O)C[C@H](F)CN1C(=O)C(F)(F)F. The fourth-order valence-corrected chi connectivity index (χ4v) is 1.67. The summed E-state index contributed by atoms with van der Waals surface area (Å²) < 4.78 is 49.3. The van der Waals surface area contributed by atoms with E-state index in [-0.39, 0.29) is 4.90 Å². The van der Waals surface area contributed by atoms with E-state index in [1.54, 1.807) is 0 Å². The molecule has 0 bridgehead atoms. The van der Waals surface area contributed by atoms with Crippen molar-refractivity contribution in [2.45, 2.75) is 31.2 Å². The van der Waals surface area contributed by atoms with E-state index in [0.717, 1.165) is 6.92 Å². The minimum atomic E-state index is -5.19. The normalized spacial score (nSPS) is 30.6. The highest BCUT2D eigenvalue weighted by Gasteiger charge is 2.56. The smallest absolute Gasteiger partial charge is 0.471 e. The molecule has 1 aliphatic rings. The molecule has 0 aromatic heterocycles. The van der Waals surface area contributed by atoms with E-state index in [2.05, 4.69) is 0 Å². The van der Waals surface area contributed by atoms with Gasteiger partial charge in [0.25, 0.3) is 0 Å². The van der Waals surface area contributed by atoms with Crippen molar-refractivity contribution in [3.8, 4) is 0 Å². The van der Waals surface area contributed by atoms with Gasteiger partial charge in [0.1, 0.15) is 11.7 Å². The maximum atomic E-state index is 13.0. The minimum absolute atomic E-state index is 0.0278. The summed E-state index contributed by atoms with van der Waals surface area (Å²) in [6.07, 6.45) is -7.59. The van der Waals surface area contributed by atoms with Gasteiger partial charge in [-0.25, -0.2) is 9.18 Å². The largest absolute Gasteiger partial charge is 0.480 e. The standard InChI is InChI=1S/C8H9F4NO3/c1-7(6(15)16)2-4(9)3-13(7)5(14)8(10,11)12/h4H,2-3H2,1H3,(H,15,16)/t4-,7-/m0/s1. The molecule has 2 atom stereocenters. The topological polar surface area (TPSA) is 57.6 Å². The maximum absolute atomic E-state index is 13.0. The molecule has 1 saturated heterocycles. The maximum Gasteiger partial charge on any atom is 0.471 e. The van der Waals surface area contributed by atoms with Gasteiger partial charge in [-0.3, -0.25) is 4.79 Å². The number of carbonyl (C=O) groups is 2. The molecule has 1 N–H and O–H groups in total. The third kappa shape index (κ3) is 1.96. The molecule has 0 spiro atoms. The average molecular weight is 243 g/mol. The Bertz CT molecular complexity index is 330. The van der Waals surface area contributed by atoms with Crippen molar-refractivity contribution in [3.63, 3.8) is 0 Å². The van der Waals surface area contributed by atoms with Crippen molar-refractivity contribution in [1.29, 1.82) is 0 Å². The Balaban J connectivity index is 3.04. The summed E-state index contributed by atoms with van der Waals surface area (Å²) in [5, 5.41) is 8.75. The number of rotatable bonds is 1. The van der Waals surface area contributed by atoms with E-state index in [4.69, 9.17) is 5.11 Å². The lowest BCUT2D eigenvalue weighted by molar-refractivity contribution is -0.191. The molecule has 0 aromatic carbocycles. The lowest BCUT2D eigenvalue weighted by Gasteiger charge is -2.31. The molecule has 1 fully saturated rings. The molecule has 1 rings (SSSR count). The van der Waals surface area contributed by atoms with Crippen LogP contribution in [-0.4, -0.2) is 46.3 Å². The first-order valence-corrected chi connectivity index (χ1v) is 4.35. The van der Waals surface area contributed by atoms with E-state index in [9.17, 15) is 27.2 Å². The monoisotopic (exact) mass is 243 g/mol. The van der Waals surface area contributed by atoms with Crippen LogP contribution in [0.2, 0.25) is 0 Å². The molecular formula is C8H9F4NO3. The van der Waals surface area contributed by atoms with E-state index < -0.39 is 42.7 Å². The van der Waals surface area contributed by atoms with Gasteiger partial charge in [0.05, 0.1) is 6.54 Å². The number of nitrogens with zero attached hydrogens (tertiary/aromatic N) is 1. The van der Waals surface area contributed by atoms with Crippen molar-refractivity contribution in [2.75, 3.05) is 6.54 Å². The predicted octanol–water partition coefficient (Wildman–Crippen LogP) is 0.962. The number of amides is 1. The van der Waals surface area contributed by atoms with Crippen LogP contribution < -0.4 is 0 Å². The van der Waals surface area contributed by atoms with Crippen LogP contribution >= 0.6 is 0 Å². The summed E-state index contributed by atoms with van der Waals surface area (Å²) in [4.78, 5) is 21.7. The molecule has 4 nitrogen and oxygen atoms in total. The second-order valence-corrected chi connectivity index (χ2v) is 3.79. The summed E-state index contributed by atoms with van der Waals surface area (Å²) in [5.74, 6) is -3.97. The van der Waals surface area contributed by atoms with Gasteiger partial charge in [0, 0.05) is 6.42 Å². The summed E-state index contributed by atoms with van der Waals surface area (Å²) in [7, 11) is 0. The van der Waals surface area contributed by atoms with Gasteiger partial charge in [-0.1, -0.05) is 0 Å². The number of alkyl halides is 4. The fraction of sp³-hybridized carbons (Fsp3) is 0.750. The summed E-state index contributed by atoms with van der Waals surface area (Å²) >= 11 is 0. The zero-order valence-electron chi connectivity index (χ0n) is 8.21. The average Bonchev–Trinajstić information content (AvgIpc) is 2.40. The van der Waals surface area contributed by atoms with E-state index in [1.165, 1.54) is 0 Å². The Hall–Kier alpha value is -1.34. The Kier molecular flexibility index (Phi) is 2.86. The number of carbonyl (C=O) groups excluding carboxylic acids is 1. The van der Waals surface area contributed by atoms with Crippen LogP contribution in [0.15, 0.2) is 0 Å². The van der Waals surface area contributed by atoms with Gasteiger partial charge in [0.15, 0.2) is 0 Å². The number of halogens is 4. The van der Waals surface area contributed by atoms with Crippen LogP contribution in [0.5, 0.6) is 0 Å². The quantitative estimate of drug-likeness (QED) is 0.698. The van der Waals surface area contributed by atoms with Gasteiger partial charge < -0.3 is 10.0 Å². The zero-order chi connectivity index (χ0) is 12.7. The molecule has 1 amide bonds. The Morgan fingerprint density at radius 3 is 2.31 bits per heavy atom. The molecule has 16 heavy (non-hydrogen) atoms. The van der Waals surface area contributed by atoms with Crippen LogP contribution in [-0.2, 0) is 9.59 Å². The second-order valence-electron chi connectivity index (χ2n) is 3.79. The molecule has 1 aliphatic heterocycles. The first-order valence-electron chi connectivity index (χ1n) is 4.35. The van der Waals surface area contributed by atoms with Gasteiger partial charge in [-0.05, 0) is 6.92 Å². The number of carboxylic acid groups (broad SMARTS) is 1. The molecular weight excluding hydrogens is 234 g/mol. The summed E-state index contributed by atoms with van der Waals surface area (Å²) in [6, 6.07) is 0. The van der Waals surface area contributed by atoms with Gasteiger partial charge in [0.2, 0.25) is 0 Å². The summed E-state index contributed by atoms with van der Waals surface area (Å²) in [5.41, 5.74) is -2.13. The lowest BCUT2D eigenvalue weighted by Crippen LogP contribution is -2.54. The van der Waals surface area contributed by atoms with Crippen LogP contribution in [0.3, 0.4) is 0 Å². The van der Waals surface area contributed by atoms with Crippen molar-refractivity contribution in [2.24, 2.45) is 0 Å². The van der Waals surface area contributed by atoms with Crippen molar-refractivity contribution >= 4 is 11.9 Å². The molecule has 1 heterocycles. The third-order valence-corrected chi connectivity index (χ3v) is 2.54. The highest BCUT2D eigenvalue weighted by Crippen LogP contribution is 2.34. The number of hydrogen-bond donors (Lipinski definition) is 1. The van der Waals surface area contributed by atoms with Crippen LogP contribution in [0.1, 0.15) is 13.3 Å². The number of likely N-dealkylation sites (tertiary alicyclic amines) is 1. The number of carboxylic acids is 1. The van der Waals surface area contributed by atoms with Crippen molar-refractivity contribution in [1.82, 2.24) is 4.90 Å². The first kappa shape index (κ1) is 12.7. The van der Waals surface area contributed by atoms with Crippen molar-refractivity contribution in [3.05, 3.63) is 0 Å². The van der Waals surface area contributed by atoms with Gasteiger partial charge in [-0.15, -0.1) is 0 Å².